The molecular weight excluding hydrogens is 214 g/mol. The van der Waals surface area contributed by atoms with E-state index in [1.165, 1.54) is 12.0 Å². The van der Waals surface area contributed by atoms with E-state index in [2.05, 4.69) is 46.4 Å². The molecule has 1 N–H and O–H groups in total. The maximum Gasteiger partial charge on any atom is 0.0205 e. The summed E-state index contributed by atoms with van der Waals surface area (Å²) in [7, 11) is 0. The summed E-state index contributed by atoms with van der Waals surface area (Å²) < 4.78 is 1.15. The molecule has 66 valence electrons. The average molecular weight is 228 g/mol. The van der Waals surface area contributed by atoms with Crippen molar-refractivity contribution in [1.82, 2.24) is 5.32 Å². The van der Waals surface area contributed by atoms with Gasteiger partial charge in [0.2, 0.25) is 0 Å². The third kappa shape index (κ3) is 3.37. The van der Waals surface area contributed by atoms with Gasteiger partial charge in [-0.25, -0.2) is 0 Å². The lowest BCUT2D eigenvalue weighted by atomic mass is 10.2. The highest BCUT2D eigenvalue weighted by Crippen LogP contribution is 2.11. The van der Waals surface area contributed by atoms with Gasteiger partial charge in [-0.3, -0.25) is 0 Å². The first kappa shape index (κ1) is 9.75. The lowest BCUT2D eigenvalue weighted by Gasteiger charge is -2.02. The van der Waals surface area contributed by atoms with Gasteiger partial charge in [0.15, 0.2) is 0 Å². The fraction of sp³-hybridized carbons (Fsp3) is 0.400. The molecule has 0 amide bonds. The van der Waals surface area contributed by atoms with E-state index < -0.39 is 0 Å². The van der Waals surface area contributed by atoms with Crippen LogP contribution in [-0.2, 0) is 6.54 Å². The molecule has 0 saturated heterocycles. The Morgan fingerprint density at radius 1 is 1.42 bits per heavy atom. The van der Waals surface area contributed by atoms with Crippen LogP contribution in [0.3, 0.4) is 0 Å². The van der Waals surface area contributed by atoms with Crippen molar-refractivity contribution in [3.8, 4) is 0 Å². The van der Waals surface area contributed by atoms with E-state index in [4.69, 9.17) is 0 Å². The first-order valence-corrected chi connectivity index (χ1v) is 5.07. The molecule has 0 unspecified atom stereocenters. The molecular formula is C10H14BrN. The molecule has 0 aliphatic rings. The minimum atomic E-state index is 0.966. The van der Waals surface area contributed by atoms with E-state index in [-0.39, 0.29) is 0 Å². The summed E-state index contributed by atoms with van der Waals surface area (Å²) in [5.41, 5.74) is 1.33. The number of benzene rings is 1. The average Bonchev–Trinajstić information content (AvgIpc) is 2.05. The molecule has 0 aliphatic heterocycles. The number of hydrogen-bond acceptors (Lipinski definition) is 1. The van der Waals surface area contributed by atoms with Crippen molar-refractivity contribution in [3.05, 3.63) is 34.3 Å². The summed E-state index contributed by atoms with van der Waals surface area (Å²) >= 11 is 3.44. The molecule has 0 radical (unpaired) electrons. The van der Waals surface area contributed by atoms with Gasteiger partial charge in [-0.1, -0.05) is 35.0 Å². The van der Waals surface area contributed by atoms with Crippen LogP contribution in [0.2, 0.25) is 0 Å². The molecule has 1 nitrogen and oxygen atoms in total. The second-order valence-corrected chi connectivity index (χ2v) is 3.72. The predicted octanol–water partition coefficient (Wildman–Crippen LogP) is 2.95. The van der Waals surface area contributed by atoms with Gasteiger partial charge in [0.25, 0.3) is 0 Å². The fourth-order valence-corrected chi connectivity index (χ4v) is 1.50. The Kier molecular flexibility index (Phi) is 4.33. The quantitative estimate of drug-likeness (QED) is 0.781. The highest BCUT2D eigenvalue weighted by Gasteiger charge is 1.91. The van der Waals surface area contributed by atoms with Crippen LogP contribution >= 0.6 is 15.9 Å². The monoisotopic (exact) mass is 227 g/mol. The van der Waals surface area contributed by atoms with Gasteiger partial charge in [-0.05, 0) is 30.7 Å². The number of hydrogen-bond donors (Lipinski definition) is 1. The van der Waals surface area contributed by atoms with E-state index >= 15 is 0 Å². The van der Waals surface area contributed by atoms with Gasteiger partial charge < -0.3 is 5.32 Å². The van der Waals surface area contributed by atoms with Crippen molar-refractivity contribution in [2.75, 3.05) is 6.54 Å². The highest BCUT2D eigenvalue weighted by molar-refractivity contribution is 9.10. The predicted molar refractivity (Wildman–Crippen MR) is 56.1 cm³/mol. The molecule has 1 aromatic rings. The molecule has 0 aromatic heterocycles. The summed E-state index contributed by atoms with van der Waals surface area (Å²) in [5.74, 6) is 0. The van der Waals surface area contributed by atoms with Gasteiger partial charge in [0.05, 0.1) is 0 Å². The van der Waals surface area contributed by atoms with Gasteiger partial charge in [0.1, 0.15) is 0 Å². The maximum atomic E-state index is 3.44. The van der Waals surface area contributed by atoms with Crippen LogP contribution in [0.4, 0.5) is 0 Å². The maximum absolute atomic E-state index is 3.44. The SMILES string of the molecule is CCCNCc1cccc(Br)c1. The van der Waals surface area contributed by atoms with Crippen molar-refractivity contribution in [2.24, 2.45) is 0 Å². The Morgan fingerprint density at radius 3 is 2.92 bits per heavy atom. The van der Waals surface area contributed by atoms with Crippen LogP contribution in [0.1, 0.15) is 18.9 Å². The molecule has 0 atom stereocenters. The van der Waals surface area contributed by atoms with Crippen molar-refractivity contribution >= 4 is 15.9 Å². The van der Waals surface area contributed by atoms with Crippen molar-refractivity contribution in [2.45, 2.75) is 19.9 Å². The molecule has 0 fully saturated rings. The number of nitrogens with one attached hydrogen (secondary N) is 1. The Labute approximate surface area is 82.3 Å². The molecule has 0 heterocycles. The largest absolute Gasteiger partial charge is 0.313 e. The molecule has 0 bridgehead atoms. The molecule has 0 aliphatic carbocycles. The molecule has 1 rings (SSSR count). The Morgan fingerprint density at radius 2 is 2.25 bits per heavy atom. The lowest BCUT2D eigenvalue weighted by Crippen LogP contribution is -2.13. The topological polar surface area (TPSA) is 12.0 Å². The first-order valence-electron chi connectivity index (χ1n) is 4.28. The minimum Gasteiger partial charge on any atom is -0.313 e. The Hall–Kier alpha value is -0.340. The van der Waals surface area contributed by atoms with Gasteiger partial charge >= 0.3 is 0 Å². The van der Waals surface area contributed by atoms with Crippen molar-refractivity contribution < 1.29 is 0 Å². The van der Waals surface area contributed by atoms with Crippen LogP contribution in [0, 0.1) is 0 Å². The van der Waals surface area contributed by atoms with E-state index in [1.54, 1.807) is 0 Å². The third-order valence-electron chi connectivity index (χ3n) is 1.64. The molecule has 0 spiro atoms. The normalized spacial score (nSPS) is 10.2. The van der Waals surface area contributed by atoms with Gasteiger partial charge in [-0.2, -0.15) is 0 Å². The smallest absolute Gasteiger partial charge is 0.0205 e. The minimum absolute atomic E-state index is 0.966. The zero-order valence-corrected chi connectivity index (χ0v) is 8.89. The molecule has 1 aromatic carbocycles. The van der Waals surface area contributed by atoms with E-state index in [1.807, 2.05) is 6.07 Å². The Bertz CT molecular complexity index is 235. The standard InChI is InChI=1S/C10H14BrN/c1-2-6-12-8-9-4-3-5-10(11)7-9/h3-5,7,12H,2,6,8H2,1H3. The number of halogens is 1. The van der Waals surface area contributed by atoms with Crippen LogP contribution in [-0.4, -0.2) is 6.54 Å². The van der Waals surface area contributed by atoms with E-state index in [9.17, 15) is 0 Å². The summed E-state index contributed by atoms with van der Waals surface area (Å²) in [4.78, 5) is 0. The Balaban J connectivity index is 2.41. The summed E-state index contributed by atoms with van der Waals surface area (Å²) in [5, 5.41) is 3.36. The van der Waals surface area contributed by atoms with Crippen LogP contribution in [0.5, 0.6) is 0 Å². The fourth-order valence-electron chi connectivity index (χ4n) is 1.06. The highest BCUT2D eigenvalue weighted by atomic mass is 79.9. The number of rotatable bonds is 4. The van der Waals surface area contributed by atoms with Crippen LogP contribution in [0.25, 0.3) is 0 Å². The van der Waals surface area contributed by atoms with Gasteiger partial charge in [0, 0.05) is 11.0 Å². The van der Waals surface area contributed by atoms with Crippen LogP contribution < -0.4 is 5.32 Å². The zero-order chi connectivity index (χ0) is 8.81. The molecule has 12 heavy (non-hydrogen) atoms. The summed E-state index contributed by atoms with van der Waals surface area (Å²) in [6, 6.07) is 8.38. The first-order chi connectivity index (χ1) is 5.83. The summed E-state index contributed by atoms with van der Waals surface area (Å²) in [6.07, 6.45) is 1.19. The lowest BCUT2D eigenvalue weighted by molar-refractivity contribution is 0.675. The van der Waals surface area contributed by atoms with E-state index in [0.717, 1.165) is 17.6 Å². The second-order valence-electron chi connectivity index (χ2n) is 2.81. The molecule has 2 heteroatoms. The zero-order valence-electron chi connectivity index (χ0n) is 7.31. The molecule has 0 saturated carbocycles. The summed E-state index contributed by atoms with van der Waals surface area (Å²) in [6.45, 7) is 4.23. The third-order valence-corrected chi connectivity index (χ3v) is 2.14. The van der Waals surface area contributed by atoms with Gasteiger partial charge in [-0.15, -0.1) is 0 Å². The van der Waals surface area contributed by atoms with E-state index in [0.29, 0.717) is 0 Å². The van der Waals surface area contributed by atoms with Crippen molar-refractivity contribution in [3.63, 3.8) is 0 Å². The second kappa shape index (κ2) is 5.33. The van der Waals surface area contributed by atoms with Crippen LogP contribution in [0.15, 0.2) is 28.7 Å². The van der Waals surface area contributed by atoms with Crippen molar-refractivity contribution in [1.29, 1.82) is 0 Å².